The number of nitrogens with zero attached hydrogens (tertiary/aromatic N) is 5. The van der Waals surface area contributed by atoms with Crippen molar-refractivity contribution in [3.63, 3.8) is 0 Å². The molecule has 4 rings (SSSR count). The zero-order valence-electron chi connectivity index (χ0n) is 15.0. The van der Waals surface area contributed by atoms with Crippen molar-refractivity contribution >= 4 is 23.0 Å². The van der Waals surface area contributed by atoms with Crippen LogP contribution in [0.25, 0.3) is 17.0 Å². The first-order valence-electron chi connectivity index (χ1n) is 8.35. The zero-order chi connectivity index (χ0) is 19.8. The number of carbonyl (C=O) groups excluding carboxylic acids is 1. The molecule has 0 fully saturated rings. The third-order valence-electron chi connectivity index (χ3n) is 4.22. The van der Waals surface area contributed by atoms with Gasteiger partial charge in [0.25, 0.3) is 17.4 Å². The lowest BCUT2D eigenvalue weighted by molar-refractivity contribution is 0.0951. The molecule has 3 heterocycles. The van der Waals surface area contributed by atoms with Crippen LogP contribution in [0.1, 0.15) is 21.9 Å². The number of hydrogen-bond donors (Lipinski definition) is 1. The molecule has 9 nitrogen and oxygen atoms in total. The fraction of sp³-hybridized carbons (Fsp3) is 0.167. The third kappa shape index (κ3) is 3.16. The average molecular weight is 399 g/mol. The highest BCUT2D eigenvalue weighted by Crippen LogP contribution is 2.19. The first-order chi connectivity index (χ1) is 13.4. The van der Waals surface area contributed by atoms with E-state index in [2.05, 4.69) is 20.6 Å². The van der Waals surface area contributed by atoms with Crippen LogP contribution >= 0.6 is 11.6 Å². The number of aryl methyl sites for hydroxylation is 2. The summed E-state index contributed by atoms with van der Waals surface area (Å²) in [6.45, 7) is 1.85. The quantitative estimate of drug-likeness (QED) is 0.563. The van der Waals surface area contributed by atoms with E-state index in [4.69, 9.17) is 16.1 Å². The van der Waals surface area contributed by atoms with Crippen LogP contribution in [0.15, 0.2) is 46.0 Å². The van der Waals surface area contributed by atoms with Gasteiger partial charge in [-0.1, -0.05) is 16.8 Å². The molecule has 1 aromatic carbocycles. The van der Waals surface area contributed by atoms with Crippen molar-refractivity contribution in [1.82, 2.24) is 29.6 Å². The molecular formula is C18H15ClN6O3. The Balaban J connectivity index is 1.53. The second kappa shape index (κ2) is 6.93. The molecule has 0 spiro atoms. The monoisotopic (exact) mass is 398 g/mol. The van der Waals surface area contributed by atoms with Gasteiger partial charge in [-0.25, -0.2) is 4.52 Å². The summed E-state index contributed by atoms with van der Waals surface area (Å²) in [5, 5.41) is 11.3. The van der Waals surface area contributed by atoms with Gasteiger partial charge < -0.3 is 14.4 Å². The summed E-state index contributed by atoms with van der Waals surface area (Å²) in [5.74, 6) is 0.177. The van der Waals surface area contributed by atoms with Crippen LogP contribution in [0.3, 0.4) is 0 Å². The average Bonchev–Trinajstić information content (AvgIpc) is 3.32. The standard InChI is InChI=1S/C18H15ClN6O3/c1-10-9-24(2)18(27)15-13(7-21-25(10)15)16(26)20-8-14-22-17(28-23-14)11-3-5-12(19)6-4-11/h3-7,9H,8H2,1-2H3,(H,20,26). The summed E-state index contributed by atoms with van der Waals surface area (Å²) in [4.78, 5) is 29.2. The number of carbonyl (C=O) groups is 1. The number of hydrogen-bond acceptors (Lipinski definition) is 6. The minimum absolute atomic E-state index is 0.0411. The van der Waals surface area contributed by atoms with Crippen LogP contribution < -0.4 is 10.9 Å². The molecule has 0 radical (unpaired) electrons. The van der Waals surface area contributed by atoms with E-state index < -0.39 is 5.91 Å². The predicted octanol–water partition coefficient (Wildman–Crippen LogP) is 1.97. The van der Waals surface area contributed by atoms with Crippen LogP contribution in [0.2, 0.25) is 5.02 Å². The van der Waals surface area contributed by atoms with Crippen molar-refractivity contribution in [3.8, 4) is 11.5 Å². The molecule has 0 unspecified atom stereocenters. The van der Waals surface area contributed by atoms with E-state index in [1.807, 2.05) is 0 Å². The molecule has 0 aliphatic rings. The van der Waals surface area contributed by atoms with Gasteiger partial charge in [-0.3, -0.25) is 9.59 Å². The number of aromatic nitrogens is 5. The fourth-order valence-electron chi connectivity index (χ4n) is 2.84. The molecule has 0 saturated carbocycles. The highest BCUT2D eigenvalue weighted by Gasteiger charge is 2.18. The van der Waals surface area contributed by atoms with Crippen molar-refractivity contribution in [1.29, 1.82) is 0 Å². The van der Waals surface area contributed by atoms with Gasteiger partial charge in [-0.05, 0) is 31.2 Å². The van der Waals surface area contributed by atoms with Crippen LogP contribution in [0.4, 0.5) is 0 Å². The Morgan fingerprint density at radius 3 is 2.79 bits per heavy atom. The van der Waals surface area contributed by atoms with E-state index in [1.54, 1.807) is 44.4 Å². The Bertz CT molecular complexity index is 1240. The molecule has 10 heteroatoms. The number of fused-ring (bicyclic) bond motifs is 1. The van der Waals surface area contributed by atoms with Crippen molar-refractivity contribution in [2.45, 2.75) is 13.5 Å². The van der Waals surface area contributed by atoms with Crippen LogP contribution in [0.5, 0.6) is 0 Å². The van der Waals surface area contributed by atoms with E-state index in [0.29, 0.717) is 16.7 Å². The topological polar surface area (TPSA) is 107 Å². The molecule has 4 aromatic rings. The van der Waals surface area contributed by atoms with E-state index in [0.717, 1.165) is 11.3 Å². The molecule has 1 amide bonds. The van der Waals surface area contributed by atoms with Crippen LogP contribution in [-0.2, 0) is 13.6 Å². The molecule has 142 valence electrons. The van der Waals surface area contributed by atoms with Crippen molar-refractivity contribution in [2.75, 3.05) is 0 Å². The Kier molecular flexibility index (Phi) is 4.44. The second-order valence-corrected chi connectivity index (χ2v) is 6.65. The van der Waals surface area contributed by atoms with Crippen LogP contribution in [0, 0.1) is 6.92 Å². The first kappa shape index (κ1) is 17.9. The molecule has 28 heavy (non-hydrogen) atoms. The summed E-state index contributed by atoms with van der Waals surface area (Å²) in [7, 11) is 1.63. The summed E-state index contributed by atoms with van der Waals surface area (Å²) in [6.07, 6.45) is 3.02. The SMILES string of the molecule is Cc1cn(C)c(=O)c2c(C(=O)NCc3noc(-c4ccc(Cl)cc4)n3)cnn12. The maximum Gasteiger partial charge on any atom is 0.277 e. The summed E-state index contributed by atoms with van der Waals surface area (Å²) >= 11 is 5.87. The van der Waals surface area contributed by atoms with Gasteiger partial charge in [0.05, 0.1) is 24.0 Å². The van der Waals surface area contributed by atoms with Gasteiger partial charge in [0.15, 0.2) is 5.82 Å². The number of rotatable bonds is 4. The van der Waals surface area contributed by atoms with Crippen molar-refractivity contribution in [3.05, 3.63) is 69.1 Å². The van der Waals surface area contributed by atoms with Gasteiger partial charge in [-0.2, -0.15) is 10.1 Å². The number of halogens is 1. The lowest BCUT2D eigenvalue weighted by Gasteiger charge is -2.04. The molecule has 0 saturated heterocycles. The normalized spacial score (nSPS) is 11.1. The summed E-state index contributed by atoms with van der Waals surface area (Å²) in [5.41, 5.74) is 1.55. The lowest BCUT2D eigenvalue weighted by Crippen LogP contribution is -2.26. The lowest BCUT2D eigenvalue weighted by atomic mass is 10.2. The summed E-state index contributed by atoms with van der Waals surface area (Å²) < 4.78 is 8.08. The minimum Gasteiger partial charge on any atom is -0.344 e. The van der Waals surface area contributed by atoms with Crippen molar-refractivity contribution < 1.29 is 9.32 Å². The van der Waals surface area contributed by atoms with Gasteiger partial charge in [-0.15, -0.1) is 0 Å². The second-order valence-electron chi connectivity index (χ2n) is 6.21. The number of benzene rings is 1. The highest BCUT2D eigenvalue weighted by molar-refractivity contribution is 6.30. The van der Waals surface area contributed by atoms with E-state index in [9.17, 15) is 9.59 Å². The molecule has 0 bridgehead atoms. The van der Waals surface area contributed by atoms with E-state index >= 15 is 0 Å². The highest BCUT2D eigenvalue weighted by atomic mass is 35.5. The molecule has 1 N–H and O–H groups in total. The Morgan fingerprint density at radius 1 is 1.29 bits per heavy atom. The zero-order valence-corrected chi connectivity index (χ0v) is 15.8. The smallest absolute Gasteiger partial charge is 0.277 e. The summed E-state index contributed by atoms with van der Waals surface area (Å²) in [6, 6.07) is 6.96. The first-order valence-corrected chi connectivity index (χ1v) is 8.72. The van der Waals surface area contributed by atoms with Crippen LogP contribution in [-0.4, -0.2) is 30.2 Å². The largest absolute Gasteiger partial charge is 0.344 e. The molecule has 0 aliphatic heterocycles. The Labute approximate surface area is 163 Å². The Hall–Kier alpha value is -3.46. The number of nitrogens with one attached hydrogen (secondary N) is 1. The minimum atomic E-state index is -0.449. The fourth-order valence-corrected chi connectivity index (χ4v) is 2.96. The maximum atomic E-state index is 12.6. The van der Waals surface area contributed by atoms with Gasteiger partial charge in [0.1, 0.15) is 5.52 Å². The predicted molar refractivity (Wildman–Crippen MR) is 101 cm³/mol. The van der Waals surface area contributed by atoms with Gasteiger partial charge in [0, 0.05) is 23.8 Å². The van der Waals surface area contributed by atoms with E-state index in [1.165, 1.54) is 15.3 Å². The van der Waals surface area contributed by atoms with Gasteiger partial charge >= 0.3 is 0 Å². The third-order valence-corrected chi connectivity index (χ3v) is 4.47. The molecular weight excluding hydrogens is 384 g/mol. The van der Waals surface area contributed by atoms with E-state index in [-0.39, 0.29) is 23.2 Å². The Morgan fingerprint density at radius 2 is 2.04 bits per heavy atom. The molecule has 0 atom stereocenters. The number of amides is 1. The van der Waals surface area contributed by atoms with Gasteiger partial charge in [0.2, 0.25) is 0 Å². The van der Waals surface area contributed by atoms with Crippen molar-refractivity contribution in [2.24, 2.45) is 7.05 Å². The maximum absolute atomic E-state index is 12.6. The molecule has 0 aliphatic carbocycles. The molecule has 3 aromatic heterocycles.